The number of halogens is 1. The smallest absolute Gasteiger partial charge is 0.184 e. The van der Waals surface area contributed by atoms with Crippen LogP contribution in [0, 0.1) is 6.92 Å². The molecule has 1 aliphatic heterocycles. The number of rotatable bonds is 2. The summed E-state index contributed by atoms with van der Waals surface area (Å²) in [6, 6.07) is 3.78. The maximum atomic E-state index is 11.4. The zero-order chi connectivity index (χ0) is 13.6. The molecular weight excluding hydrogens is 304 g/mol. The molecule has 0 radical (unpaired) electrons. The van der Waals surface area contributed by atoms with Crippen LogP contribution in [0.2, 0.25) is 5.02 Å². The molecule has 0 saturated carbocycles. The molecule has 1 unspecified atom stereocenters. The number of fused-ring (bicyclic) bond motifs is 1. The van der Waals surface area contributed by atoms with Crippen LogP contribution in [0.5, 0.6) is 0 Å². The van der Waals surface area contributed by atoms with Crippen molar-refractivity contribution in [1.82, 2.24) is 4.98 Å². The van der Waals surface area contributed by atoms with E-state index in [2.05, 4.69) is 10.3 Å². The zero-order valence-corrected chi connectivity index (χ0v) is 12.7. The average Bonchev–Trinajstić information content (AvgIpc) is 2.88. The molecule has 0 aliphatic carbocycles. The average molecular weight is 317 g/mol. The lowest BCUT2D eigenvalue weighted by Gasteiger charge is -2.07. The van der Waals surface area contributed by atoms with Gasteiger partial charge in [0.1, 0.15) is 0 Å². The highest BCUT2D eigenvalue weighted by Crippen LogP contribution is 2.32. The van der Waals surface area contributed by atoms with E-state index in [-0.39, 0.29) is 17.5 Å². The Morgan fingerprint density at radius 2 is 2.26 bits per heavy atom. The molecule has 1 atom stereocenters. The first-order chi connectivity index (χ1) is 8.94. The monoisotopic (exact) mass is 316 g/mol. The van der Waals surface area contributed by atoms with E-state index >= 15 is 0 Å². The molecule has 1 aliphatic rings. The molecule has 3 rings (SSSR count). The van der Waals surface area contributed by atoms with Crippen LogP contribution in [0.25, 0.3) is 10.2 Å². The second-order valence-electron chi connectivity index (χ2n) is 4.78. The first-order valence-electron chi connectivity index (χ1n) is 5.97. The van der Waals surface area contributed by atoms with E-state index in [1.54, 1.807) is 0 Å². The Bertz CT molecular complexity index is 740. The lowest BCUT2D eigenvalue weighted by molar-refractivity contribution is 0.602. The van der Waals surface area contributed by atoms with Gasteiger partial charge in [0, 0.05) is 11.1 Å². The van der Waals surface area contributed by atoms with Gasteiger partial charge >= 0.3 is 0 Å². The zero-order valence-electron chi connectivity index (χ0n) is 10.3. The first kappa shape index (κ1) is 13.1. The van der Waals surface area contributed by atoms with Crippen LogP contribution in [-0.4, -0.2) is 30.9 Å². The normalized spacial score (nSPS) is 21.9. The van der Waals surface area contributed by atoms with Gasteiger partial charge in [0.05, 0.1) is 21.7 Å². The molecule has 1 fully saturated rings. The predicted molar refractivity (Wildman–Crippen MR) is 80.0 cm³/mol. The lowest BCUT2D eigenvalue weighted by Crippen LogP contribution is -2.20. The SMILES string of the molecule is Cc1c(Cl)ccc2sc(NC3CCS(=O)(=O)C3)nc12. The third kappa shape index (κ3) is 2.57. The van der Waals surface area contributed by atoms with Gasteiger partial charge in [0.2, 0.25) is 0 Å². The maximum Gasteiger partial charge on any atom is 0.184 e. The van der Waals surface area contributed by atoms with E-state index in [1.165, 1.54) is 11.3 Å². The van der Waals surface area contributed by atoms with Crippen molar-refractivity contribution in [2.45, 2.75) is 19.4 Å². The van der Waals surface area contributed by atoms with Crippen LogP contribution in [0.15, 0.2) is 12.1 Å². The van der Waals surface area contributed by atoms with Gasteiger partial charge in [-0.25, -0.2) is 13.4 Å². The summed E-state index contributed by atoms with van der Waals surface area (Å²) < 4.78 is 23.9. The predicted octanol–water partition coefficient (Wildman–Crippen LogP) is 2.86. The number of aromatic nitrogens is 1. The van der Waals surface area contributed by atoms with E-state index < -0.39 is 9.84 Å². The molecule has 1 saturated heterocycles. The second-order valence-corrected chi connectivity index (χ2v) is 8.45. The molecule has 0 amide bonds. The van der Waals surface area contributed by atoms with Gasteiger partial charge < -0.3 is 5.32 Å². The molecule has 2 heterocycles. The first-order valence-corrected chi connectivity index (χ1v) is 8.99. The van der Waals surface area contributed by atoms with Crippen molar-refractivity contribution in [3.8, 4) is 0 Å². The van der Waals surface area contributed by atoms with Crippen molar-refractivity contribution in [1.29, 1.82) is 0 Å². The highest BCUT2D eigenvalue weighted by molar-refractivity contribution is 7.91. The van der Waals surface area contributed by atoms with E-state index in [0.717, 1.165) is 20.9 Å². The summed E-state index contributed by atoms with van der Waals surface area (Å²) >= 11 is 7.60. The Labute approximate surface area is 120 Å². The van der Waals surface area contributed by atoms with Crippen molar-refractivity contribution in [3.05, 3.63) is 22.7 Å². The Balaban J connectivity index is 1.88. The number of benzene rings is 1. The van der Waals surface area contributed by atoms with Crippen LogP contribution < -0.4 is 5.32 Å². The van der Waals surface area contributed by atoms with Gasteiger partial charge in [-0.1, -0.05) is 22.9 Å². The van der Waals surface area contributed by atoms with Crippen LogP contribution in [0.4, 0.5) is 5.13 Å². The molecule has 0 spiro atoms. The number of hydrogen-bond donors (Lipinski definition) is 1. The maximum absolute atomic E-state index is 11.4. The number of sulfone groups is 1. The van der Waals surface area contributed by atoms with Gasteiger partial charge in [-0.3, -0.25) is 0 Å². The minimum atomic E-state index is -2.87. The number of aryl methyl sites for hydroxylation is 1. The van der Waals surface area contributed by atoms with Gasteiger partial charge in [0.25, 0.3) is 0 Å². The summed E-state index contributed by atoms with van der Waals surface area (Å²) in [7, 11) is -2.87. The van der Waals surface area contributed by atoms with E-state index in [4.69, 9.17) is 11.6 Å². The Morgan fingerprint density at radius 1 is 1.47 bits per heavy atom. The topological polar surface area (TPSA) is 59.1 Å². The quantitative estimate of drug-likeness (QED) is 0.925. The molecule has 1 aromatic carbocycles. The second kappa shape index (κ2) is 4.61. The largest absolute Gasteiger partial charge is 0.358 e. The van der Waals surface area contributed by atoms with Crippen molar-refractivity contribution in [2.75, 3.05) is 16.8 Å². The number of thiazole rings is 1. The summed E-state index contributed by atoms with van der Waals surface area (Å²) in [6.45, 7) is 1.94. The Morgan fingerprint density at radius 3 is 2.95 bits per heavy atom. The fourth-order valence-electron chi connectivity index (χ4n) is 2.25. The Hall–Kier alpha value is -0.850. The molecule has 1 N–H and O–H groups in total. The van der Waals surface area contributed by atoms with Crippen LogP contribution >= 0.6 is 22.9 Å². The molecule has 7 heteroatoms. The molecule has 2 aromatic rings. The number of hydrogen-bond acceptors (Lipinski definition) is 5. The highest BCUT2D eigenvalue weighted by Gasteiger charge is 2.28. The summed E-state index contributed by atoms with van der Waals surface area (Å²) in [5, 5.41) is 4.69. The third-order valence-electron chi connectivity index (χ3n) is 3.31. The minimum Gasteiger partial charge on any atom is -0.358 e. The summed E-state index contributed by atoms with van der Waals surface area (Å²) in [5.74, 6) is 0.461. The molecular formula is C12H13ClN2O2S2. The van der Waals surface area contributed by atoms with Crippen molar-refractivity contribution >= 4 is 48.1 Å². The molecule has 1 aromatic heterocycles. The Kier molecular flexibility index (Phi) is 3.19. The van der Waals surface area contributed by atoms with Gasteiger partial charge in [-0.05, 0) is 31.0 Å². The number of nitrogens with zero attached hydrogens (tertiary/aromatic N) is 1. The summed E-state index contributed by atoms with van der Waals surface area (Å²) in [5.41, 5.74) is 1.85. The van der Waals surface area contributed by atoms with Crippen LogP contribution in [-0.2, 0) is 9.84 Å². The third-order valence-corrected chi connectivity index (χ3v) is 6.44. The van der Waals surface area contributed by atoms with Gasteiger partial charge in [-0.2, -0.15) is 0 Å². The number of nitrogens with one attached hydrogen (secondary N) is 1. The lowest BCUT2D eigenvalue weighted by atomic mass is 10.2. The minimum absolute atomic E-state index is 0.0265. The highest BCUT2D eigenvalue weighted by atomic mass is 35.5. The molecule has 19 heavy (non-hydrogen) atoms. The van der Waals surface area contributed by atoms with Crippen molar-refractivity contribution < 1.29 is 8.42 Å². The molecule has 0 bridgehead atoms. The number of anilines is 1. The van der Waals surface area contributed by atoms with Crippen LogP contribution in [0.3, 0.4) is 0 Å². The van der Waals surface area contributed by atoms with Gasteiger partial charge in [0.15, 0.2) is 15.0 Å². The standard InChI is InChI=1S/C12H13ClN2O2S2/c1-7-9(13)2-3-10-11(7)15-12(18-10)14-8-4-5-19(16,17)6-8/h2-3,8H,4-6H2,1H3,(H,14,15). The summed E-state index contributed by atoms with van der Waals surface area (Å²) in [6.07, 6.45) is 0.651. The molecule has 102 valence electrons. The fourth-order valence-corrected chi connectivity index (χ4v) is 5.07. The van der Waals surface area contributed by atoms with Crippen molar-refractivity contribution in [2.24, 2.45) is 0 Å². The van der Waals surface area contributed by atoms with Gasteiger partial charge in [-0.15, -0.1) is 0 Å². The fraction of sp³-hybridized carbons (Fsp3) is 0.417. The van der Waals surface area contributed by atoms with Crippen LogP contribution in [0.1, 0.15) is 12.0 Å². The van der Waals surface area contributed by atoms with E-state index in [0.29, 0.717) is 11.4 Å². The van der Waals surface area contributed by atoms with E-state index in [9.17, 15) is 8.42 Å². The van der Waals surface area contributed by atoms with Crippen molar-refractivity contribution in [3.63, 3.8) is 0 Å². The summed E-state index contributed by atoms with van der Waals surface area (Å²) in [4.78, 5) is 4.51. The van der Waals surface area contributed by atoms with E-state index in [1.807, 2.05) is 19.1 Å². The molecule has 4 nitrogen and oxygen atoms in total.